The molecule has 0 radical (unpaired) electrons. The third kappa shape index (κ3) is 6.25. The van der Waals surface area contributed by atoms with Crippen LogP contribution in [0, 0.1) is 11.8 Å². The molecule has 3 rings (SSSR count). The highest BCUT2D eigenvalue weighted by atomic mass is 16.3. The molecule has 0 aliphatic heterocycles. The number of anilines is 2. The number of benzene rings is 2. The van der Waals surface area contributed by atoms with Gasteiger partial charge in [-0.1, -0.05) is 19.1 Å². The molecule has 3 aromatic rings. The first-order valence-corrected chi connectivity index (χ1v) is 10.8. The Kier molecular flexibility index (Phi) is 7.91. The summed E-state index contributed by atoms with van der Waals surface area (Å²) in [4.78, 5) is 50.3. The zero-order valence-electron chi connectivity index (χ0n) is 18.7. The summed E-state index contributed by atoms with van der Waals surface area (Å²) in [5.41, 5.74) is 2.83. The minimum atomic E-state index is -0.491. The summed E-state index contributed by atoms with van der Waals surface area (Å²) in [6, 6.07) is 13.4. The molecule has 172 valence electrons. The Bertz CT molecular complexity index is 1230. The molecule has 2 aromatic carbocycles. The average molecular weight is 450 g/mol. The zero-order chi connectivity index (χ0) is 23.8. The van der Waals surface area contributed by atoms with Crippen molar-refractivity contribution in [2.75, 3.05) is 11.9 Å². The van der Waals surface area contributed by atoms with E-state index < -0.39 is 11.2 Å². The Morgan fingerprint density at radius 2 is 1.91 bits per heavy atom. The third-order valence-corrected chi connectivity index (χ3v) is 5.34. The molecule has 9 heteroatoms. The van der Waals surface area contributed by atoms with Gasteiger partial charge in [-0.25, -0.2) is 4.79 Å². The lowest BCUT2D eigenvalue weighted by Crippen LogP contribution is -2.35. The Morgan fingerprint density at radius 1 is 1.09 bits per heavy atom. The van der Waals surface area contributed by atoms with Gasteiger partial charge in [0.2, 0.25) is 0 Å². The van der Waals surface area contributed by atoms with Gasteiger partial charge in [0, 0.05) is 30.4 Å². The zero-order valence-corrected chi connectivity index (χ0v) is 18.7. The minimum absolute atomic E-state index is 0.187. The maximum atomic E-state index is 12.4. The van der Waals surface area contributed by atoms with Crippen molar-refractivity contribution in [3.63, 3.8) is 0 Å². The van der Waals surface area contributed by atoms with Crippen molar-refractivity contribution in [3.05, 3.63) is 91.0 Å². The van der Waals surface area contributed by atoms with Crippen molar-refractivity contribution in [1.82, 2.24) is 14.9 Å². The van der Waals surface area contributed by atoms with E-state index in [0.717, 1.165) is 16.7 Å². The summed E-state index contributed by atoms with van der Waals surface area (Å²) >= 11 is 0. The molecule has 1 heterocycles. The number of nitrogens with one attached hydrogen (secondary N) is 3. The van der Waals surface area contributed by atoms with Crippen LogP contribution in [0.4, 0.5) is 17.2 Å². The number of aromatic amines is 1. The molecule has 0 bridgehead atoms. The van der Waals surface area contributed by atoms with E-state index in [9.17, 15) is 19.3 Å². The molecule has 1 aromatic heterocycles. The van der Waals surface area contributed by atoms with Crippen molar-refractivity contribution >= 4 is 23.1 Å². The minimum Gasteiger partial charge on any atom is -0.352 e. The lowest BCUT2D eigenvalue weighted by Gasteiger charge is -2.11. The van der Waals surface area contributed by atoms with Gasteiger partial charge >= 0.3 is 5.69 Å². The molecule has 0 aliphatic rings. The number of carbonyl (C=O) groups excluding carboxylic acids is 1. The smallest absolute Gasteiger partial charge is 0.329 e. The Hall–Kier alpha value is -4.01. The lowest BCUT2D eigenvalue weighted by molar-refractivity contribution is 0.0953. The maximum Gasteiger partial charge on any atom is 0.329 e. The van der Waals surface area contributed by atoms with Gasteiger partial charge in [0.05, 0.1) is 0 Å². The number of nitroso groups, excluding NO2 is 1. The van der Waals surface area contributed by atoms with Crippen molar-refractivity contribution in [1.29, 1.82) is 0 Å². The summed E-state index contributed by atoms with van der Waals surface area (Å²) in [5.74, 6) is 0.0275. The molecule has 3 N–H and O–H groups in total. The number of aryl methyl sites for hydroxylation is 2. The number of hydrogen-bond acceptors (Lipinski definition) is 6. The second kappa shape index (κ2) is 11.0. The highest BCUT2D eigenvalue weighted by Crippen LogP contribution is 2.18. The van der Waals surface area contributed by atoms with Gasteiger partial charge in [-0.3, -0.25) is 19.1 Å². The van der Waals surface area contributed by atoms with Crippen LogP contribution in [0.25, 0.3) is 0 Å². The van der Waals surface area contributed by atoms with Crippen LogP contribution < -0.4 is 21.9 Å². The Balaban J connectivity index is 1.53. The van der Waals surface area contributed by atoms with Gasteiger partial charge in [-0.2, -0.15) is 0 Å². The summed E-state index contributed by atoms with van der Waals surface area (Å²) in [7, 11) is 0. The second-order valence-electron chi connectivity index (χ2n) is 7.70. The highest BCUT2D eigenvalue weighted by Gasteiger charge is 2.08. The quantitative estimate of drug-likeness (QED) is 0.321. The third-order valence-electron chi connectivity index (χ3n) is 5.34. The first kappa shape index (κ1) is 23.6. The summed E-state index contributed by atoms with van der Waals surface area (Å²) in [5, 5.41) is 8.65. The van der Waals surface area contributed by atoms with E-state index in [4.69, 9.17) is 0 Å². The largest absolute Gasteiger partial charge is 0.352 e. The van der Waals surface area contributed by atoms with Crippen LogP contribution in [-0.4, -0.2) is 22.0 Å². The monoisotopic (exact) mass is 449 g/mol. The number of nitrogens with zero attached hydrogens (tertiary/aromatic N) is 2. The predicted octanol–water partition coefficient (Wildman–Crippen LogP) is 3.76. The highest BCUT2D eigenvalue weighted by molar-refractivity contribution is 5.94. The molecular weight excluding hydrogens is 422 g/mol. The molecule has 0 unspecified atom stereocenters. The average Bonchev–Trinajstić information content (AvgIpc) is 2.81. The van der Waals surface area contributed by atoms with Gasteiger partial charge < -0.3 is 10.6 Å². The summed E-state index contributed by atoms with van der Waals surface area (Å²) in [6.07, 6.45) is 2.00. The van der Waals surface area contributed by atoms with Crippen molar-refractivity contribution in [2.24, 2.45) is 5.18 Å². The molecule has 0 atom stereocenters. The van der Waals surface area contributed by atoms with Crippen LogP contribution in [0.15, 0.2) is 63.3 Å². The normalized spacial score (nSPS) is 10.6. The molecule has 9 nitrogen and oxygen atoms in total. The van der Waals surface area contributed by atoms with E-state index in [1.165, 1.54) is 29.3 Å². The topological polar surface area (TPSA) is 125 Å². The van der Waals surface area contributed by atoms with Gasteiger partial charge in [0.25, 0.3) is 11.5 Å². The number of aromatic nitrogens is 2. The van der Waals surface area contributed by atoms with Gasteiger partial charge in [0.15, 0.2) is 0 Å². The SMILES string of the molecule is CCc1cc(Nc2cc(=O)n(CCCCNC(=O)c3cccc(N=O)c3)c(=O)[nH]2)ccc1C. The van der Waals surface area contributed by atoms with Gasteiger partial charge in [0.1, 0.15) is 11.5 Å². The molecule has 0 spiro atoms. The molecule has 0 saturated heterocycles. The molecule has 0 aliphatic carbocycles. The fourth-order valence-electron chi connectivity index (χ4n) is 3.49. The molecular formula is C24H27N5O4. The number of unbranched alkanes of at least 4 members (excludes halogenated alkanes) is 1. The first-order chi connectivity index (χ1) is 15.9. The number of hydrogen-bond donors (Lipinski definition) is 3. The molecule has 1 amide bonds. The fourth-order valence-corrected chi connectivity index (χ4v) is 3.49. The van der Waals surface area contributed by atoms with E-state index in [1.54, 1.807) is 12.1 Å². The predicted molar refractivity (Wildman–Crippen MR) is 129 cm³/mol. The Morgan fingerprint density at radius 3 is 2.64 bits per heavy atom. The fraction of sp³-hybridized carbons (Fsp3) is 0.292. The van der Waals surface area contributed by atoms with Gasteiger partial charge in [-0.05, 0) is 72.8 Å². The van der Waals surface area contributed by atoms with Crippen LogP contribution in [0.3, 0.4) is 0 Å². The summed E-state index contributed by atoms with van der Waals surface area (Å²) < 4.78 is 1.14. The van der Waals surface area contributed by atoms with E-state index >= 15 is 0 Å². The van der Waals surface area contributed by atoms with Crippen molar-refractivity contribution < 1.29 is 4.79 Å². The molecule has 0 saturated carbocycles. The van der Waals surface area contributed by atoms with Gasteiger partial charge in [-0.15, -0.1) is 4.91 Å². The van der Waals surface area contributed by atoms with Crippen LogP contribution in [0.1, 0.15) is 41.3 Å². The van der Waals surface area contributed by atoms with E-state index in [-0.39, 0.29) is 18.1 Å². The lowest BCUT2D eigenvalue weighted by atomic mass is 10.1. The van der Waals surface area contributed by atoms with E-state index in [2.05, 4.69) is 27.7 Å². The standard InChI is InChI=1S/C24H27N5O4/c1-3-17-13-19(10-9-16(17)2)26-21-15-22(30)29(24(32)27-21)12-5-4-11-25-23(31)18-7-6-8-20(14-18)28-33/h6-10,13-15,26H,3-5,11-12H2,1-2H3,(H,25,31)(H,27,32). The number of amides is 1. The van der Waals surface area contributed by atoms with E-state index in [1.807, 2.05) is 25.1 Å². The molecule has 33 heavy (non-hydrogen) atoms. The van der Waals surface area contributed by atoms with Crippen molar-refractivity contribution in [3.8, 4) is 0 Å². The van der Waals surface area contributed by atoms with Crippen LogP contribution in [0.5, 0.6) is 0 Å². The molecule has 0 fully saturated rings. The van der Waals surface area contributed by atoms with E-state index in [0.29, 0.717) is 30.8 Å². The van der Waals surface area contributed by atoms with Crippen LogP contribution in [-0.2, 0) is 13.0 Å². The number of H-pyrrole nitrogens is 1. The first-order valence-electron chi connectivity index (χ1n) is 10.8. The Labute approximate surface area is 190 Å². The van der Waals surface area contributed by atoms with Crippen LogP contribution in [0.2, 0.25) is 0 Å². The van der Waals surface area contributed by atoms with Crippen molar-refractivity contribution in [2.45, 2.75) is 39.7 Å². The number of carbonyl (C=O) groups is 1. The maximum absolute atomic E-state index is 12.4. The summed E-state index contributed by atoms with van der Waals surface area (Å²) in [6.45, 7) is 4.72. The second-order valence-corrected chi connectivity index (χ2v) is 7.70. The number of rotatable bonds is 10. The van der Waals surface area contributed by atoms with Crippen LogP contribution >= 0.6 is 0 Å².